The van der Waals surface area contributed by atoms with Gasteiger partial charge in [-0.25, -0.2) is 9.97 Å². The van der Waals surface area contributed by atoms with Gasteiger partial charge in [0.2, 0.25) is 0 Å². The van der Waals surface area contributed by atoms with Crippen LogP contribution in [0.15, 0.2) is 54.7 Å². The Balaban J connectivity index is 1.54. The first-order valence-corrected chi connectivity index (χ1v) is 9.78. The van der Waals surface area contributed by atoms with Crippen molar-refractivity contribution in [3.05, 3.63) is 60.3 Å². The van der Waals surface area contributed by atoms with Crippen LogP contribution in [0, 0.1) is 11.3 Å². The zero-order valence-corrected chi connectivity index (χ0v) is 16.7. The molecule has 0 aliphatic carbocycles. The average molecular weight is 402 g/mol. The van der Waals surface area contributed by atoms with Gasteiger partial charge in [-0.15, -0.1) is 0 Å². The first-order valence-electron chi connectivity index (χ1n) is 9.78. The standard InChI is InChI=1S/C23H22N4O3/c1-28-20-4-2-3-18(14-20)26-22-7-10-25-23(27-22)16-5-6-21(17(13-16)15-24)30-19-8-11-29-12-9-19/h2-7,10,13-14,19H,8-9,11-12H2,1H3,(H,25,26,27). The fourth-order valence-electron chi connectivity index (χ4n) is 3.25. The molecule has 1 fully saturated rings. The summed E-state index contributed by atoms with van der Waals surface area (Å²) in [5.74, 6) is 2.51. The maximum Gasteiger partial charge on any atom is 0.161 e. The molecule has 1 N–H and O–H groups in total. The lowest BCUT2D eigenvalue weighted by Crippen LogP contribution is -2.26. The van der Waals surface area contributed by atoms with E-state index in [0.29, 0.717) is 36.2 Å². The molecule has 4 rings (SSSR count). The van der Waals surface area contributed by atoms with E-state index >= 15 is 0 Å². The third kappa shape index (κ3) is 4.67. The highest BCUT2D eigenvalue weighted by atomic mass is 16.5. The summed E-state index contributed by atoms with van der Waals surface area (Å²) in [6.45, 7) is 1.37. The molecule has 0 spiro atoms. The number of nitrogens with zero attached hydrogens (tertiary/aromatic N) is 3. The summed E-state index contributed by atoms with van der Waals surface area (Å²) in [7, 11) is 1.63. The molecule has 0 amide bonds. The van der Waals surface area contributed by atoms with Crippen LogP contribution in [0.5, 0.6) is 11.5 Å². The molecule has 0 unspecified atom stereocenters. The predicted molar refractivity (Wildman–Crippen MR) is 113 cm³/mol. The van der Waals surface area contributed by atoms with E-state index in [2.05, 4.69) is 21.4 Å². The number of anilines is 2. The van der Waals surface area contributed by atoms with Gasteiger partial charge < -0.3 is 19.5 Å². The van der Waals surface area contributed by atoms with Gasteiger partial charge in [-0.1, -0.05) is 6.07 Å². The van der Waals surface area contributed by atoms with E-state index in [1.165, 1.54) is 0 Å². The molecule has 7 heteroatoms. The van der Waals surface area contributed by atoms with Gasteiger partial charge >= 0.3 is 0 Å². The first kappa shape index (κ1) is 19.7. The van der Waals surface area contributed by atoms with Crippen molar-refractivity contribution in [2.75, 3.05) is 25.6 Å². The lowest BCUT2D eigenvalue weighted by Gasteiger charge is -2.23. The zero-order valence-electron chi connectivity index (χ0n) is 16.7. The van der Waals surface area contributed by atoms with Crippen molar-refractivity contribution in [2.24, 2.45) is 0 Å². The van der Waals surface area contributed by atoms with Crippen LogP contribution in [0.25, 0.3) is 11.4 Å². The summed E-state index contributed by atoms with van der Waals surface area (Å²) < 4.78 is 16.6. The van der Waals surface area contributed by atoms with Crippen molar-refractivity contribution in [1.29, 1.82) is 5.26 Å². The molecule has 0 atom stereocenters. The largest absolute Gasteiger partial charge is 0.497 e. The van der Waals surface area contributed by atoms with Crippen LogP contribution in [-0.2, 0) is 4.74 Å². The summed E-state index contributed by atoms with van der Waals surface area (Å²) in [4.78, 5) is 8.95. The number of nitrogens with one attached hydrogen (secondary N) is 1. The molecule has 0 saturated carbocycles. The van der Waals surface area contributed by atoms with Gasteiger partial charge in [0.05, 0.1) is 25.9 Å². The third-order valence-corrected chi connectivity index (χ3v) is 4.82. The summed E-state index contributed by atoms with van der Waals surface area (Å²) in [6, 6.07) is 17.1. The predicted octanol–water partition coefficient (Wildman–Crippen LogP) is 4.33. The topological polar surface area (TPSA) is 89.3 Å². The maximum atomic E-state index is 9.60. The highest BCUT2D eigenvalue weighted by Crippen LogP contribution is 2.28. The smallest absolute Gasteiger partial charge is 0.161 e. The van der Waals surface area contributed by atoms with Crippen LogP contribution in [-0.4, -0.2) is 36.4 Å². The first-order chi connectivity index (χ1) is 14.7. The van der Waals surface area contributed by atoms with Crippen molar-refractivity contribution >= 4 is 11.5 Å². The summed E-state index contributed by atoms with van der Waals surface area (Å²) in [6.07, 6.45) is 3.41. The van der Waals surface area contributed by atoms with E-state index in [-0.39, 0.29) is 6.10 Å². The van der Waals surface area contributed by atoms with E-state index in [0.717, 1.165) is 29.8 Å². The van der Waals surface area contributed by atoms with Crippen LogP contribution in [0.3, 0.4) is 0 Å². The monoisotopic (exact) mass is 402 g/mol. The van der Waals surface area contributed by atoms with Crippen molar-refractivity contribution < 1.29 is 14.2 Å². The molecule has 3 aromatic rings. The van der Waals surface area contributed by atoms with Gasteiger partial charge in [0.15, 0.2) is 5.82 Å². The quantitative estimate of drug-likeness (QED) is 0.656. The molecule has 2 aromatic carbocycles. The molecule has 152 valence electrons. The highest BCUT2D eigenvalue weighted by Gasteiger charge is 2.17. The van der Waals surface area contributed by atoms with Crippen LogP contribution in [0.1, 0.15) is 18.4 Å². The minimum absolute atomic E-state index is 0.0725. The molecule has 7 nitrogen and oxygen atoms in total. The Kier molecular flexibility index (Phi) is 6.06. The number of benzene rings is 2. The van der Waals surface area contributed by atoms with Gasteiger partial charge in [0.1, 0.15) is 29.5 Å². The van der Waals surface area contributed by atoms with Crippen molar-refractivity contribution in [3.63, 3.8) is 0 Å². The number of ether oxygens (including phenoxy) is 3. The molecule has 2 heterocycles. The van der Waals surface area contributed by atoms with Gasteiger partial charge in [-0.2, -0.15) is 5.26 Å². The van der Waals surface area contributed by atoms with E-state index in [9.17, 15) is 5.26 Å². The normalized spacial score (nSPS) is 14.0. The van der Waals surface area contributed by atoms with Crippen molar-refractivity contribution in [3.8, 4) is 29.0 Å². The Hall–Kier alpha value is -3.63. The van der Waals surface area contributed by atoms with Crippen LogP contribution < -0.4 is 14.8 Å². The lowest BCUT2D eigenvalue weighted by molar-refractivity contribution is 0.0254. The van der Waals surface area contributed by atoms with E-state index < -0.39 is 0 Å². The average Bonchev–Trinajstić information content (AvgIpc) is 2.80. The molecule has 1 saturated heterocycles. The fraction of sp³-hybridized carbons (Fsp3) is 0.261. The third-order valence-electron chi connectivity index (χ3n) is 4.82. The lowest BCUT2D eigenvalue weighted by atomic mass is 10.1. The molecule has 0 radical (unpaired) electrons. The van der Waals surface area contributed by atoms with Crippen LogP contribution >= 0.6 is 0 Å². The Morgan fingerprint density at radius 1 is 1.13 bits per heavy atom. The SMILES string of the molecule is COc1cccc(Nc2ccnc(-c3ccc(OC4CCOCC4)c(C#N)c3)n2)c1. The van der Waals surface area contributed by atoms with Crippen LogP contribution in [0.4, 0.5) is 11.5 Å². The second-order valence-electron chi connectivity index (χ2n) is 6.87. The maximum absolute atomic E-state index is 9.60. The molecule has 1 aliphatic rings. The summed E-state index contributed by atoms with van der Waals surface area (Å²) in [5, 5.41) is 12.8. The molecular weight excluding hydrogens is 380 g/mol. The fourth-order valence-corrected chi connectivity index (χ4v) is 3.25. The van der Waals surface area contributed by atoms with E-state index in [1.54, 1.807) is 25.4 Å². The highest BCUT2D eigenvalue weighted by molar-refractivity contribution is 5.64. The van der Waals surface area contributed by atoms with Gasteiger partial charge in [0, 0.05) is 36.4 Å². The number of hydrogen-bond acceptors (Lipinski definition) is 7. The number of methoxy groups -OCH3 is 1. The van der Waals surface area contributed by atoms with E-state index in [4.69, 9.17) is 14.2 Å². The van der Waals surface area contributed by atoms with Gasteiger partial charge in [-0.05, 0) is 36.4 Å². The molecule has 0 bridgehead atoms. The number of aromatic nitrogens is 2. The Morgan fingerprint density at radius 3 is 2.80 bits per heavy atom. The second-order valence-corrected chi connectivity index (χ2v) is 6.87. The summed E-state index contributed by atoms with van der Waals surface area (Å²) in [5.41, 5.74) is 2.07. The van der Waals surface area contributed by atoms with Gasteiger partial charge in [0.25, 0.3) is 0 Å². The Morgan fingerprint density at radius 2 is 2.00 bits per heavy atom. The molecular formula is C23H22N4O3. The molecule has 1 aromatic heterocycles. The molecule has 1 aliphatic heterocycles. The number of hydrogen-bond donors (Lipinski definition) is 1. The van der Waals surface area contributed by atoms with Crippen LogP contribution in [0.2, 0.25) is 0 Å². The number of nitriles is 1. The van der Waals surface area contributed by atoms with Crippen molar-refractivity contribution in [2.45, 2.75) is 18.9 Å². The van der Waals surface area contributed by atoms with Crippen molar-refractivity contribution in [1.82, 2.24) is 9.97 Å². The summed E-state index contributed by atoms with van der Waals surface area (Å²) >= 11 is 0. The van der Waals surface area contributed by atoms with Gasteiger partial charge in [-0.3, -0.25) is 0 Å². The molecule has 30 heavy (non-hydrogen) atoms. The zero-order chi connectivity index (χ0) is 20.8. The number of rotatable bonds is 6. The van der Waals surface area contributed by atoms with E-state index in [1.807, 2.05) is 36.4 Å². The minimum atomic E-state index is 0.0725. The Labute approximate surface area is 175 Å². The Bertz CT molecular complexity index is 1060. The second kappa shape index (κ2) is 9.25. The minimum Gasteiger partial charge on any atom is -0.497 e.